The fourth-order valence-electron chi connectivity index (χ4n) is 0.544. The molecule has 0 unspecified atom stereocenters. The first-order valence-corrected chi connectivity index (χ1v) is 3.95. The molecule has 0 aromatic heterocycles. The maximum absolute atomic E-state index is 10.9. The van der Waals surface area contributed by atoms with Gasteiger partial charge in [0.1, 0.15) is 0 Å². The molecule has 0 aromatic rings. The van der Waals surface area contributed by atoms with Crippen LogP contribution < -0.4 is 0 Å². The number of amides is 1. The molecule has 0 bridgehead atoms. The van der Waals surface area contributed by atoms with Crippen LogP contribution in [0.25, 0.3) is 0 Å². The minimum absolute atomic E-state index is 0.272. The van der Waals surface area contributed by atoms with Crippen LogP contribution in [0, 0.1) is 0 Å². The Labute approximate surface area is 81.6 Å². The van der Waals surface area contributed by atoms with Crippen molar-refractivity contribution >= 4 is 12.1 Å². The van der Waals surface area contributed by atoms with E-state index in [4.69, 9.17) is 0 Å². The molecule has 0 aromatic carbocycles. The number of carbonyl (C=O) groups excluding carboxylic acids is 2. The topological polar surface area (TPSA) is 77.3 Å². The van der Waals surface area contributed by atoms with Crippen LogP contribution in [-0.4, -0.2) is 25.8 Å². The van der Waals surface area contributed by atoms with Crippen molar-refractivity contribution in [3.05, 3.63) is 11.8 Å². The predicted molar refractivity (Wildman–Crippen MR) is 47.7 cm³/mol. The molecule has 0 aliphatic carbocycles. The molecule has 6 nitrogen and oxygen atoms in total. The lowest BCUT2D eigenvalue weighted by atomic mass is 10.4. The molecule has 0 aliphatic heterocycles. The molecule has 14 heavy (non-hydrogen) atoms. The summed E-state index contributed by atoms with van der Waals surface area (Å²) in [6.07, 6.45) is 0.317. The summed E-state index contributed by atoms with van der Waals surface area (Å²) in [5.74, 6) is -0.520. The maximum atomic E-state index is 10.9. The van der Waals surface area contributed by atoms with Crippen molar-refractivity contribution in [2.45, 2.75) is 13.8 Å². The van der Waals surface area contributed by atoms with Crippen molar-refractivity contribution < 1.29 is 19.1 Å². The van der Waals surface area contributed by atoms with Crippen LogP contribution >= 0.6 is 0 Å². The first-order valence-electron chi connectivity index (χ1n) is 3.95. The average molecular weight is 200 g/mol. The smallest absolute Gasteiger partial charge is 0.452 e. The Morgan fingerprint density at radius 3 is 2.50 bits per heavy atom. The molecule has 0 heterocycles. The van der Waals surface area contributed by atoms with Crippen molar-refractivity contribution in [3.8, 4) is 0 Å². The highest BCUT2D eigenvalue weighted by Crippen LogP contribution is 1.97. The Bertz CT molecular complexity index is 271. The largest absolute Gasteiger partial charge is 0.463 e. The van der Waals surface area contributed by atoms with E-state index in [1.54, 1.807) is 6.92 Å². The van der Waals surface area contributed by atoms with Gasteiger partial charge < -0.3 is 9.47 Å². The van der Waals surface area contributed by atoms with Crippen LogP contribution in [0.1, 0.15) is 13.8 Å². The second-order valence-corrected chi connectivity index (χ2v) is 2.21. The minimum atomic E-state index is -0.818. The van der Waals surface area contributed by atoms with Gasteiger partial charge in [-0.1, -0.05) is 5.11 Å². The molecular weight excluding hydrogens is 188 g/mol. The Kier molecular flexibility index (Phi) is 5.93. The van der Waals surface area contributed by atoms with Crippen LogP contribution in [0.3, 0.4) is 0 Å². The number of esters is 1. The van der Waals surface area contributed by atoms with Crippen LogP contribution in [0.5, 0.6) is 0 Å². The summed E-state index contributed by atoms with van der Waals surface area (Å²) in [6, 6.07) is 0. The summed E-state index contributed by atoms with van der Waals surface area (Å²) in [4.78, 5) is 21.4. The van der Waals surface area contributed by atoms with E-state index in [1.165, 1.54) is 14.0 Å². The SMILES string of the molecule is CCOC(=O)/C=C(C)\N=N\C(=O)OC. The molecule has 0 aliphatic rings. The molecule has 0 N–H and O–H groups in total. The van der Waals surface area contributed by atoms with Gasteiger partial charge in [0.2, 0.25) is 0 Å². The molecule has 78 valence electrons. The molecule has 1 amide bonds. The zero-order chi connectivity index (χ0) is 11.0. The Hall–Kier alpha value is -1.72. The Morgan fingerprint density at radius 2 is 2.00 bits per heavy atom. The summed E-state index contributed by atoms with van der Waals surface area (Å²) < 4.78 is 8.82. The second kappa shape index (κ2) is 6.76. The van der Waals surface area contributed by atoms with Gasteiger partial charge in [-0.2, -0.15) is 0 Å². The predicted octanol–water partition coefficient (Wildman–Crippen LogP) is 1.67. The number of ether oxygens (including phenoxy) is 2. The van der Waals surface area contributed by atoms with Crippen LogP contribution in [-0.2, 0) is 14.3 Å². The van der Waals surface area contributed by atoms with Crippen molar-refractivity contribution in [1.29, 1.82) is 0 Å². The standard InChI is InChI=1S/C8H12N2O4/c1-4-14-7(11)5-6(2)9-10-8(12)13-3/h5H,4H2,1-3H3/b6-5-,10-9+. The van der Waals surface area contributed by atoms with Crippen LogP contribution in [0.4, 0.5) is 4.79 Å². The van der Waals surface area contributed by atoms with E-state index < -0.39 is 12.1 Å². The number of hydrogen-bond donors (Lipinski definition) is 0. The highest BCUT2D eigenvalue weighted by Gasteiger charge is 1.98. The molecule has 0 rings (SSSR count). The number of allylic oxidation sites excluding steroid dienone is 1. The molecule has 0 fully saturated rings. The molecule has 0 saturated heterocycles. The fraction of sp³-hybridized carbons (Fsp3) is 0.500. The van der Waals surface area contributed by atoms with E-state index in [0.717, 1.165) is 6.08 Å². The van der Waals surface area contributed by atoms with Gasteiger partial charge in [0.05, 0.1) is 19.4 Å². The van der Waals surface area contributed by atoms with Crippen molar-refractivity contribution in [2.75, 3.05) is 13.7 Å². The third-order valence-electron chi connectivity index (χ3n) is 1.08. The average Bonchev–Trinajstić information content (AvgIpc) is 2.14. The molecule has 0 saturated carbocycles. The highest BCUT2D eigenvalue weighted by atomic mass is 16.5. The van der Waals surface area contributed by atoms with Crippen LogP contribution in [0.15, 0.2) is 22.0 Å². The van der Waals surface area contributed by atoms with Crippen molar-refractivity contribution in [1.82, 2.24) is 0 Å². The summed E-state index contributed by atoms with van der Waals surface area (Å²) in [5, 5.41) is 6.57. The lowest BCUT2D eigenvalue weighted by molar-refractivity contribution is -0.137. The maximum Gasteiger partial charge on any atom is 0.452 e. The van der Waals surface area contributed by atoms with Gasteiger partial charge in [-0.05, 0) is 13.8 Å². The number of methoxy groups -OCH3 is 1. The van der Waals surface area contributed by atoms with E-state index in [2.05, 4.69) is 19.7 Å². The fourth-order valence-corrected chi connectivity index (χ4v) is 0.544. The van der Waals surface area contributed by atoms with E-state index in [1.807, 2.05) is 0 Å². The number of hydrogen-bond acceptors (Lipinski definition) is 5. The minimum Gasteiger partial charge on any atom is -0.463 e. The van der Waals surface area contributed by atoms with Gasteiger partial charge >= 0.3 is 12.1 Å². The summed E-state index contributed by atoms with van der Waals surface area (Å²) >= 11 is 0. The monoisotopic (exact) mass is 200 g/mol. The summed E-state index contributed by atoms with van der Waals surface area (Å²) in [6.45, 7) is 3.50. The van der Waals surface area contributed by atoms with Gasteiger partial charge in [0.25, 0.3) is 0 Å². The van der Waals surface area contributed by atoms with Gasteiger partial charge in [-0.15, -0.1) is 5.11 Å². The first-order chi connectivity index (χ1) is 6.60. The summed E-state index contributed by atoms with van der Waals surface area (Å²) in [5.41, 5.74) is 0.272. The zero-order valence-electron chi connectivity index (χ0n) is 8.31. The van der Waals surface area contributed by atoms with E-state index in [0.29, 0.717) is 0 Å². The van der Waals surface area contributed by atoms with Gasteiger partial charge in [-0.3, -0.25) is 0 Å². The first kappa shape index (κ1) is 12.3. The van der Waals surface area contributed by atoms with E-state index in [-0.39, 0.29) is 12.3 Å². The number of azo groups is 1. The molecule has 0 spiro atoms. The van der Waals surface area contributed by atoms with Gasteiger partial charge in [0.15, 0.2) is 0 Å². The van der Waals surface area contributed by atoms with E-state index >= 15 is 0 Å². The number of carbonyl (C=O) groups is 2. The number of rotatable bonds is 3. The van der Waals surface area contributed by atoms with Gasteiger partial charge in [-0.25, -0.2) is 9.59 Å². The lowest BCUT2D eigenvalue weighted by Gasteiger charge is -1.95. The second-order valence-electron chi connectivity index (χ2n) is 2.21. The molecule has 6 heteroatoms. The quantitative estimate of drug-likeness (QED) is 0.394. The molecule has 0 radical (unpaired) electrons. The van der Waals surface area contributed by atoms with E-state index in [9.17, 15) is 9.59 Å². The normalized spacial score (nSPS) is 11.5. The Balaban J connectivity index is 4.18. The molecule has 0 atom stereocenters. The molecular formula is C8H12N2O4. The third-order valence-corrected chi connectivity index (χ3v) is 1.08. The Morgan fingerprint density at radius 1 is 1.36 bits per heavy atom. The van der Waals surface area contributed by atoms with Gasteiger partial charge in [0, 0.05) is 6.08 Å². The summed E-state index contributed by atoms with van der Waals surface area (Å²) in [7, 11) is 1.19. The highest BCUT2D eigenvalue weighted by molar-refractivity contribution is 5.82. The van der Waals surface area contributed by atoms with Crippen molar-refractivity contribution in [3.63, 3.8) is 0 Å². The van der Waals surface area contributed by atoms with Crippen LogP contribution in [0.2, 0.25) is 0 Å². The lowest BCUT2D eigenvalue weighted by Crippen LogP contribution is -1.99. The number of nitrogens with zero attached hydrogens (tertiary/aromatic N) is 2. The zero-order valence-corrected chi connectivity index (χ0v) is 8.31. The third kappa shape index (κ3) is 5.87. The van der Waals surface area contributed by atoms with Crippen molar-refractivity contribution in [2.24, 2.45) is 10.2 Å².